The molecule has 2 N–H and O–H groups in total. The van der Waals surface area contributed by atoms with Crippen LogP contribution < -0.4 is 10.6 Å². The van der Waals surface area contributed by atoms with Crippen molar-refractivity contribution in [3.05, 3.63) is 23.8 Å². The van der Waals surface area contributed by atoms with Crippen LogP contribution in [0.25, 0.3) is 0 Å². The Morgan fingerprint density at radius 1 is 1.26 bits per heavy atom. The summed E-state index contributed by atoms with van der Waals surface area (Å²) < 4.78 is 5.09. The monoisotopic (exact) mass is 319 g/mol. The van der Waals surface area contributed by atoms with Crippen molar-refractivity contribution in [2.24, 2.45) is 0 Å². The van der Waals surface area contributed by atoms with Crippen molar-refractivity contribution in [2.45, 2.75) is 44.7 Å². The van der Waals surface area contributed by atoms with Gasteiger partial charge in [-0.2, -0.15) is 0 Å². The molecule has 23 heavy (non-hydrogen) atoms. The standard InChI is InChI=1S/C18H29N3O2/c1-20(2)17-10-9-15(19)11-14(17)12-21(18(22)13-23-3)16-7-5-4-6-8-16/h9-11,16H,4-8,12-13,19H2,1-3H3. The van der Waals surface area contributed by atoms with Crippen molar-refractivity contribution >= 4 is 17.3 Å². The third-order valence-electron chi connectivity index (χ3n) is 4.53. The molecule has 0 bridgehead atoms. The van der Waals surface area contributed by atoms with E-state index >= 15 is 0 Å². The molecule has 5 heteroatoms. The van der Waals surface area contributed by atoms with Crippen LogP contribution in [0.15, 0.2) is 18.2 Å². The number of nitrogen functional groups attached to an aromatic ring is 1. The molecule has 1 aliphatic rings. The average molecular weight is 319 g/mol. The van der Waals surface area contributed by atoms with Crippen molar-refractivity contribution in [3.8, 4) is 0 Å². The molecular formula is C18H29N3O2. The topological polar surface area (TPSA) is 58.8 Å². The van der Waals surface area contributed by atoms with E-state index in [9.17, 15) is 4.79 Å². The van der Waals surface area contributed by atoms with Crippen LogP contribution in [0.5, 0.6) is 0 Å². The summed E-state index contributed by atoms with van der Waals surface area (Å²) in [5.74, 6) is 0.0616. The summed E-state index contributed by atoms with van der Waals surface area (Å²) in [5, 5.41) is 0. The Morgan fingerprint density at radius 2 is 1.96 bits per heavy atom. The van der Waals surface area contributed by atoms with Gasteiger partial charge in [-0.15, -0.1) is 0 Å². The van der Waals surface area contributed by atoms with E-state index in [2.05, 4.69) is 4.90 Å². The molecule has 0 unspecified atom stereocenters. The number of anilines is 2. The number of benzene rings is 1. The molecule has 0 heterocycles. The van der Waals surface area contributed by atoms with Crippen molar-refractivity contribution < 1.29 is 9.53 Å². The molecule has 0 aromatic heterocycles. The van der Waals surface area contributed by atoms with Crippen LogP contribution in [0.3, 0.4) is 0 Å². The van der Waals surface area contributed by atoms with E-state index in [0.717, 1.165) is 29.8 Å². The van der Waals surface area contributed by atoms with E-state index < -0.39 is 0 Å². The van der Waals surface area contributed by atoms with Crippen LogP contribution in [-0.2, 0) is 16.1 Å². The molecule has 5 nitrogen and oxygen atoms in total. The SMILES string of the molecule is COCC(=O)N(Cc1cc(N)ccc1N(C)C)C1CCCCC1. The number of nitrogens with zero attached hydrogens (tertiary/aromatic N) is 2. The van der Waals surface area contributed by atoms with Crippen LogP contribution in [-0.4, -0.2) is 44.7 Å². The van der Waals surface area contributed by atoms with E-state index in [0.29, 0.717) is 12.6 Å². The molecular weight excluding hydrogens is 290 g/mol. The lowest BCUT2D eigenvalue weighted by Gasteiger charge is -2.35. The van der Waals surface area contributed by atoms with Crippen molar-refractivity contribution in [3.63, 3.8) is 0 Å². The summed E-state index contributed by atoms with van der Waals surface area (Å²) in [7, 11) is 5.59. The smallest absolute Gasteiger partial charge is 0.249 e. The van der Waals surface area contributed by atoms with Gasteiger partial charge in [0.05, 0.1) is 0 Å². The molecule has 1 amide bonds. The molecule has 0 aliphatic heterocycles. The van der Waals surface area contributed by atoms with Crippen molar-refractivity contribution in [1.29, 1.82) is 0 Å². The second-order valence-corrected chi connectivity index (χ2v) is 6.53. The molecule has 0 radical (unpaired) electrons. The summed E-state index contributed by atoms with van der Waals surface area (Å²) >= 11 is 0. The van der Waals surface area contributed by atoms with Gasteiger partial charge in [0.2, 0.25) is 5.91 Å². The lowest BCUT2D eigenvalue weighted by Crippen LogP contribution is -2.42. The van der Waals surface area contributed by atoms with Crippen LogP contribution in [0, 0.1) is 0 Å². The van der Waals surface area contributed by atoms with Gasteiger partial charge in [0.25, 0.3) is 0 Å². The van der Waals surface area contributed by atoms with Crippen molar-refractivity contribution in [2.75, 3.05) is 38.4 Å². The summed E-state index contributed by atoms with van der Waals surface area (Å²) in [6.07, 6.45) is 5.81. The van der Waals surface area contributed by atoms with E-state index in [1.807, 2.05) is 37.2 Å². The van der Waals surface area contributed by atoms with Gasteiger partial charge in [0.15, 0.2) is 0 Å². The maximum Gasteiger partial charge on any atom is 0.249 e. The first-order valence-electron chi connectivity index (χ1n) is 8.37. The zero-order valence-electron chi connectivity index (χ0n) is 14.5. The number of ether oxygens (including phenoxy) is 1. The minimum Gasteiger partial charge on any atom is -0.399 e. The molecule has 1 aromatic rings. The van der Waals surface area contributed by atoms with E-state index in [1.54, 1.807) is 7.11 Å². The van der Waals surface area contributed by atoms with Crippen LogP contribution in [0.4, 0.5) is 11.4 Å². The molecule has 0 spiro atoms. The largest absolute Gasteiger partial charge is 0.399 e. The number of hydrogen-bond acceptors (Lipinski definition) is 4. The number of methoxy groups -OCH3 is 1. The summed E-state index contributed by atoms with van der Waals surface area (Å²) in [4.78, 5) is 16.6. The third-order valence-corrected chi connectivity index (χ3v) is 4.53. The Labute approximate surface area is 139 Å². The highest BCUT2D eigenvalue weighted by Crippen LogP contribution is 2.28. The van der Waals surface area contributed by atoms with Gasteiger partial charge < -0.3 is 20.3 Å². The predicted octanol–water partition coefficient (Wildman–Crippen LogP) is 2.64. The number of hydrogen-bond donors (Lipinski definition) is 1. The van der Waals surface area contributed by atoms with Gasteiger partial charge in [-0.3, -0.25) is 4.79 Å². The van der Waals surface area contributed by atoms with Gasteiger partial charge >= 0.3 is 0 Å². The first-order valence-corrected chi connectivity index (χ1v) is 8.37. The lowest BCUT2D eigenvalue weighted by atomic mass is 9.93. The van der Waals surface area contributed by atoms with Gasteiger partial charge in [-0.05, 0) is 36.6 Å². The van der Waals surface area contributed by atoms with Crippen LogP contribution in [0.1, 0.15) is 37.7 Å². The zero-order valence-corrected chi connectivity index (χ0v) is 14.5. The highest BCUT2D eigenvalue weighted by molar-refractivity contribution is 5.78. The van der Waals surface area contributed by atoms with E-state index in [4.69, 9.17) is 10.5 Å². The highest BCUT2D eigenvalue weighted by atomic mass is 16.5. The van der Waals surface area contributed by atoms with Gasteiger partial charge in [-0.25, -0.2) is 0 Å². The Balaban J connectivity index is 2.26. The summed E-state index contributed by atoms with van der Waals surface area (Å²) in [5.41, 5.74) is 8.89. The molecule has 0 saturated heterocycles. The maximum absolute atomic E-state index is 12.6. The molecule has 0 atom stereocenters. The van der Waals surface area contributed by atoms with Gasteiger partial charge in [0.1, 0.15) is 6.61 Å². The quantitative estimate of drug-likeness (QED) is 0.819. The first-order chi connectivity index (χ1) is 11.0. The third kappa shape index (κ3) is 4.61. The number of nitrogens with two attached hydrogens (primary N) is 1. The number of carbonyl (C=O) groups excluding carboxylic acids is 1. The fourth-order valence-electron chi connectivity index (χ4n) is 3.37. The number of rotatable bonds is 6. The summed E-state index contributed by atoms with van der Waals surface area (Å²) in [6.45, 7) is 0.724. The first kappa shape index (κ1) is 17.6. The molecule has 1 aliphatic carbocycles. The highest BCUT2D eigenvalue weighted by Gasteiger charge is 2.26. The predicted molar refractivity (Wildman–Crippen MR) is 94.5 cm³/mol. The zero-order chi connectivity index (χ0) is 16.8. The fraction of sp³-hybridized carbons (Fsp3) is 0.611. The number of carbonyl (C=O) groups is 1. The van der Waals surface area contributed by atoms with Crippen LogP contribution >= 0.6 is 0 Å². The Morgan fingerprint density at radius 3 is 2.57 bits per heavy atom. The summed E-state index contributed by atoms with van der Waals surface area (Å²) in [6, 6.07) is 6.21. The van der Waals surface area contributed by atoms with Crippen LogP contribution in [0.2, 0.25) is 0 Å². The van der Waals surface area contributed by atoms with Gasteiger partial charge in [0, 0.05) is 45.2 Å². The number of amides is 1. The van der Waals surface area contributed by atoms with E-state index in [-0.39, 0.29) is 12.5 Å². The van der Waals surface area contributed by atoms with Gasteiger partial charge in [-0.1, -0.05) is 19.3 Å². The average Bonchev–Trinajstić information content (AvgIpc) is 2.53. The molecule has 1 saturated carbocycles. The second-order valence-electron chi connectivity index (χ2n) is 6.53. The minimum absolute atomic E-state index is 0.0616. The Kier molecular flexibility index (Phi) is 6.28. The maximum atomic E-state index is 12.6. The molecule has 128 valence electrons. The fourth-order valence-corrected chi connectivity index (χ4v) is 3.37. The molecule has 1 aromatic carbocycles. The van der Waals surface area contributed by atoms with Crippen molar-refractivity contribution in [1.82, 2.24) is 4.90 Å². The Hall–Kier alpha value is -1.75. The second kappa shape index (κ2) is 8.20. The molecule has 1 fully saturated rings. The normalized spacial score (nSPS) is 15.4. The lowest BCUT2D eigenvalue weighted by molar-refractivity contribution is -0.139. The Bertz CT molecular complexity index is 525. The van der Waals surface area contributed by atoms with E-state index in [1.165, 1.54) is 19.3 Å². The minimum atomic E-state index is 0.0616. The molecule has 2 rings (SSSR count).